The molecule has 0 bridgehead atoms. The van der Waals surface area contributed by atoms with Gasteiger partial charge in [-0.1, -0.05) is 12.8 Å². The molecule has 1 aliphatic heterocycles. The zero-order chi connectivity index (χ0) is 18.4. The van der Waals surface area contributed by atoms with E-state index in [1.54, 1.807) is 18.2 Å². The maximum atomic E-state index is 12.2. The molecule has 1 aromatic rings. The number of amides is 1. The third kappa shape index (κ3) is 5.45. The van der Waals surface area contributed by atoms with E-state index < -0.39 is 16.0 Å². The van der Waals surface area contributed by atoms with E-state index in [1.165, 1.54) is 10.6 Å². The summed E-state index contributed by atoms with van der Waals surface area (Å²) in [5.41, 5.74) is 2.05. The van der Waals surface area contributed by atoms with Gasteiger partial charge in [0.1, 0.15) is 0 Å². The van der Waals surface area contributed by atoms with Crippen LogP contribution in [-0.4, -0.2) is 44.7 Å². The molecule has 0 aliphatic carbocycles. The molecule has 0 spiro atoms. The SMILES string of the molecule is CS(=O)(=O)N1CCc2cc(C(=O)NCCCCCCC(=O)O)ccc21. The Morgan fingerprint density at radius 2 is 1.92 bits per heavy atom. The second-order valence-corrected chi connectivity index (χ2v) is 8.15. The van der Waals surface area contributed by atoms with Crippen molar-refractivity contribution in [1.29, 1.82) is 0 Å². The van der Waals surface area contributed by atoms with Gasteiger partial charge in [0.05, 0.1) is 11.9 Å². The van der Waals surface area contributed by atoms with E-state index in [4.69, 9.17) is 5.11 Å². The first-order chi connectivity index (χ1) is 11.8. The molecule has 138 valence electrons. The van der Waals surface area contributed by atoms with Crippen LogP contribution < -0.4 is 9.62 Å². The Kier molecular flexibility index (Phi) is 6.41. The maximum Gasteiger partial charge on any atom is 0.303 e. The van der Waals surface area contributed by atoms with Crippen LogP contribution in [0.1, 0.15) is 48.0 Å². The second kappa shape index (κ2) is 8.33. The summed E-state index contributed by atoms with van der Waals surface area (Å²) >= 11 is 0. The maximum absolute atomic E-state index is 12.2. The van der Waals surface area contributed by atoms with Gasteiger partial charge in [-0.05, 0) is 43.0 Å². The molecule has 1 amide bonds. The van der Waals surface area contributed by atoms with E-state index >= 15 is 0 Å². The van der Waals surface area contributed by atoms with Crippen molar-refractivity contribution in [3.8, 4) is 0 Å². The molecule has 1 aliphatic rings. The van der Waals surface area contributed by atoms with Gasteiger partial charge in [0.25, 0.3) is 5.91 Å². The highest BCUT2D eigenvalue weighted by atomic mass is 32.2. The molecule has 0 saturated heterocycles. The van der Waals surface area contributed by atoms with Crippen molar-refractivity contribution >= 4 is 27.6 Å². The summed E-state index contributed by atoms with van der Waals surface area (Å²) in [6, 6.07) is 5.08. The number of carboxylic acid groups (broad SMARTS) is 1. The molecule has 8 heteroatoms. The molecule has 2 rings (SSSR count). The molecule has 0 saturated carbocycles. The van der Waals surface area contributed by atoms with Crippen LogP contribution in [0.2, 0.25) is 0 Å². The fourth-order valence-corrected chi connectivity index (χ4v) is 3.87. The quantitative estimate of drug-likeness (QED) is 0.647. The molecule has 0 atom stereocenters. The van der Waals surface area contributed by atoms with Crippen molar-refractivity contribution in [3.63, 3.8) is 0 Å². The lowest BCUT2D eigenvalue weighted by molar-refractivity contribution is -0.137. The molecule has 2 N–H and O–H groups in total. The number of hydrogen-bond donors (Lipinski definition) is 2. The summed E-state index contributed by atoms with van der Waals surface area (Å²) in [6.07, 6.45) is 5.14. The third-order valence-electron chi connectivity index (χ3n) is 4.20. The Hall–Kier alpha value is -2.09. The first-order valence-corrected chi connectivity index (χ1v) is 10.2. The van der Waals surface area contributed by atoms with Crippen LogP contribution in [0.5, 0.6) is 0 Å². The lowest BCUT2D eigenvalue weighted by Crippen LogP contribution is -2.27. The lowest BCUT2D eigenvalue weighted by atomic mass is 10.1. The van der Waals surface area contributed by atoms with Crippen molar-refractivity contribution in [1.82, 2.24) is 5.32 Å². The van der Waals surface area contributed by atoms with Crippen molar-refractivity contribution in [2.75, 3.05) is 23.7 Å². The minimum Gasteiger partial charge on any atom is -0.481 e. The van der Waals surface area contributed by atoms with Gasteiger partial charge in [-0.3, -0.25) is 13.9 Å². The number of hydrogen-bond acceptors (Lipinski definition) is 4. The van der Waals surface area contributed by atoms with Gasteiger partial charge in [0.15, 0.2) is 0 Å². The number of sulfonamides is 1. The fraction of sp³-hybridized carbons (Fsp3) is 0.529. The van der Waals surface area contributed by atoms with Crippen molar-refractivity contribution < 1.29 is 23.1 Å². The number of unbranched alkanes of at least 4 members (excludes halogenated alkanes) is 3. The number of benzene rings is 1. The lowest BCUT2D eigenvalue weighted by Gasteiger charge is -2.16. The minimum absolute atomic E-state index is 0.175. The predicted octanol–water partition coefficient (Wildman–Crippen LogP) is 1.77. The number of fused-ring (bicyclic) bond motifs is 1. The summed E-state index contributed by atoms with van der Waals surface area (Å²) in [5.74, 6) is -0.953. The van der Waals surface area contributed by atoms with Crippen molar-refractivity contribution in [3.05, 3.63) is 29.3 Å². The van der Waals surface area contributed by atoms with E-state index in [-0.39, 0.29) is 12.3 Å². The largest absolute Gasteiger partial charge is 0.481 e. The van der Waals surface area contributed by atoms with Crippen molar-refractivity contribution in [2.24, 2.45) is 0 Å². The molecule has 1 heterocycles. The first kappa shape index (κ1) is 19.2. The highest BCUT2D eigenvalue weighted by molar-refractivity contribution is 7.92. The van der Waals surface area contributed by atoms with E-state index in [1.807, 2.05) is 0 Å². The normalized spacial score (nSPS) is 13.6. The van der Waals surface area contributed by atoms with Gasteiger partial charge in [-0.2, -0.15) is 0 Å². The Balaban J connectivity index is 1.81. The highest BCUT2D eigenvalue weighted by Crippen LogP contribution is 2.30. The van der Waals surface area contributed by atoms with Crippen LogP contribution in [0.3, 0.4) is 0 Å². The molecular weight excluding hydrogens is 344 g/mol. The summed E-state index contributed by atoms with van der Waals surface area (Å²) in [5, 5.41) is 11.4. The molecule has 7 nitrogen and oxygen atoms in total. The molecule has 1 aromatic carbocycles. The molecule has 0 unspecified atom stereocenters. The number of aliphatic carboxylic acids is 1. The number of nitrogens with one attached hydrogen (secondary N) is 1. The number of rotatable bonds is 9. The van der Waals surface area contributed by atoms with Gasteiger partial charge < -0.3 is 10.4 Å². The van der Waals surface area contributed by atoms with Crippen molar-refractivity contribution in [2.45, 2.75) is 38.5 Å². The Morgan fingerprint density at radius 1 is 1.20 bits per heavy atom. The van der Waals surface area contributed by atoms with E-state index in [2.05, 4.69) is 5.32 Å². The summed E-state index contributed by atoms with van der Waals surface area (Å²) in [4.78, 5) is 22.6. The average Bonchev–Trinajstić information content (AvgIpc) is 2.96. The monoisotopic (exact) mass is 368 g/mol. The number of carboxylic acids is 1. The van der Waals surface area contributed by atoms with Crippen LogP contribution in [0, 0.1) is 0 Å². The Bertz CT molecular complexity index is 745. The van der Waals surface area contributed by atoms with E-state index in [9.17, 15) is 18.0 Å². The number of carbonyl (C=O) groups is 2. The zero-order valence-electron chi connectivity index (χ0n) is 14.3. The van der Waals surface area contributed by atoms with Gasteiger partial charge in [-0.15, -0.1) is 0 Å². The summed E-state index contributed by atoms with van der Waals surface area (Å²) < 4.78 is 24.8. The smallest absolute Gasteiger partial charge is 0.303 e. The van der Waals surface area contributed by atoms with Gasteiger partial charge >= 0.3 is 5.97 Å². The number of anilines is 1. The first-order valence-electron chi connectivity index (χ1n) is 8.39. The van der Waals surface area contributed by atoms with E-state index in [0.717, 1.165) is 24.8 Å². The zero-order valence-corrected chi connectivity index (χ0v) is 15.1. The third-order valence-corrected chi connectivity index (χ3v) is 5.38. The minimum atomic E-state index is -3.28. The average molecular weight is 368 g/mol. The Labute approximate surface area is 148 Å². The second-order valence-electron chi connectivity index (χ2n) is 6.24. The molecule has 0 radical (unpaired) electrons. The molecular formula is C17H24N2O5S. The topological polar surface area (TPSA) is 104 Å². The van der Waals surface area contributed by atoms with Crippen LogP contribution >= 0.6 is 0 Å². The van der Waals surface area contributed by atoms with Gasteiger partial charge in [-0.25, -0.2) is 8.42 Å². The molecule has 0 fully saturated rings. The van der Waals surface area contributed by atoms with Crippen LogP contribution in [0.25, 0.3) is 0 Å². The predicted molar refractivity (Wildman–Crippen MR) is 95.4 cm³/mol. The molecule has 0 aromatic heterocycles. The fourth-order valence-electron chi connectivity index (χ4n) is 2.92. The molecule has 25 heavy (non-hydrogen) atoms. The van der Waals surface area contributed by atoms with Gasteiger partial charge in [0, 0.05) is 25.1 Å². The summed E-state index contributed by atoms with van der Waals surface area (Å²) in [6.45, 7) is 0.952. The van der Waals surface area contributed by atoms with Crippen LogP contribution in [-0.2, 0) is 21.2 Å². The Morgan fingerprint density at radius 3 is 2.60 bits per heavy atom. The van der Waals surface area contributed by atoms with E-state index in [0.29, 0.717) is 37.2 Å². The standard InChI is InChI=1S/C17H24N2O5S/c1-25(23,24)19-11-9-13-12-14(7-8-15(13)19)17(22)18-10-5-3-2-4-6-16(20)21/h7-8,12H,2-6,9-11H2,1H3,(H,18,22)(H,20,21). The van der Waals surface area contributed by atoms with Crippen LogP contribution in [0.4, 0.5) is 5.69 Å². The van der Waals surface area contributed by atoms with Crippen LogP contribution in [0.15, 0.2) is 18.2 Å². The highest BCUT2D eigenvalue weighted by Gasteiger charge is 2.26. The number of nitrogens with zero attached hydrogens (tertiary/aromatic N) is 1. The number of carbonyl (C=O) groups excluding carboxylic acids is 1. The van der Waals surface area contributed by atoms with Gasteiger partial charge in [0.2, 0.25) is 10.0 Å². The summed E-state index contributed by atoms with van der Waals surface area (Å²) in [7, 11) is -3.28.